The van der Waals surface area contributed by atoms with Gasteiger partial charge in [0.2, 0.25) is 11.8 Å². The van der Waals surface area contributed by atoms with Crippen molar-refractivity contribution in [3.8, 4) is 0 Å². The van der Waals surface area contributed by atoms with E-state index < -0.39 is 0 Å². The molecule has 0 saturated carbocycles. The maximum absolute atomic E-state index is 12.9. The monoisotopic (exact) mass is 373 g/mol. The minimum atomic E-state index is -0.244. The molecule has 2 amide bonds. The van der Waals surface area contributed by atoms with E-state index in [1.807, 2.05) is 17.0 Å². The Morgan fingerprint density at radius 1 is 1.15 bits per heavy atom. The van der Waals surface area contributed by atoms with E-state index in [0.717, 1.165) is 31.7 Å². The van der Waals surface area contributed by atoms with Gasteiger partial charge >= 0.3 is 0 Å². The van der Waals surface area contributed by atoms with E-state index in [0.29, 0.717) is 32.0 Å². The largest absolute Gasteiger partial charge is 0.396 e. The summed E-state index contributed by atoms with van der Waals surface area (Å²) in [6, 6.07) is 8.10. The highest BCUT2D eigenvalue weighted by atomic mass is 16.3. The Morgan fingerprint density at radius 2 is 1.81 bits per heavy atom. The van der Waals surface area contributed by atoms with Gasteiger partial charge in [0.1, 0.15) is 0 Å². The van der Waals surface area contributed by atoms with Crippen LogP contribution in [0.4, 0.5) is 5.69 Å². The van der Waals surface area contributed by atoms with Gasteiger partial charge in [-0.1, -0.05) is 26.0 Å². The zero-order valence-corrected chi connectivity index (χ0v) is 16.4. The summed E-state index contributed by atoms with van der Waals surface area (Å²) >= 11 is 0. The fourth-order valence-corrected chi connectivity index (χ4v) is 3.91. The molecule has 3 rings (SSSR count). The van der Waals surface area contributed by atoms with Crippen LogP contribution < -0.4 is 4.90 Å². The maximum Gasteiger partial charge on any atom is 0.228 e. The van der Waals surface area contributed by atoms with E-state index in [1.165, 1.54) is 5.56 Å². The van der Waals surface area contributed by atoms with Crippen LogP contribution in [0.5, 0.6) is 0 Å². The van der Waals surface area contributed by atoms with Crippen molar-refractivity contribution in [2.75, 3.05) is 50.8 Å². The lowest BCUT2D eigenvalue weighted by atomic mass is 10.0. The van der Waals surface area contributed by atoms with Gasteiger partial charge < -0.3 is 14.9 Å². The van der Waals surface area contributed by atoms with Crippen molar-refractivity contribution in [2.45, 2.75) is 32.6 Å². The zero-order valence-electron chi connectivity index (χ0n) is 16.4. The highest BCUT2D eigenvalue weighted by molar-refractivity contribution is 6.00. The maximum atomic E-state index is 12.9. The Labute approximate surface area is 161 Å². The van der Waals surface area contributed by atoms with Crippen molar-refractivity contribution in [3.63, 3.8) is 0 Å². The first-order chi connectivity index (χ1) is 13.0. The van der Waals surface area contributed by atoms with E-state index in [9.17, 15) is 9.59 Å². The Kier molecular flexibility index (Phi) is 6.50. The Balaban J connectivity index is 1.56. The van der Waals surface area contributed by atoms with Gasteiger partial charge in [0.15, 0.2) is 0 Å². The summed E-state index contributed by atoms with van der Waals surface area (Å²) in [4.78, 5) is 31.3. The molecule has 2 aliphatic rings. The van der Waals surface area contributed by atoms with Crippen molar-refractivity contribution < 1.29 is 14.7 Å². The minimum Gasteiger partial charge on any atom is -0.396 e. The quantitative estimate of drug-likeness (QED) is 0.824. The summed E-state index contributed by atoms with van der Waals surface area (Å²) in [5, 5.41) is 8.94. The molecule has 0 aromatic heterocycles. The second-order valence-corrected chi connectivity index (χ2v) is 7.90. The number of hydrogen-bond donors (Lipinski definition) is 1. The third-order valence-corrected chi connectivity index (χ3v) is 5.66. The van der Waals surface area contributed by atoms with Gasteiger partial charge in [-0.05, 0) is 30.0 Å². The Hall–Kier alpha value is -1.92. The first kappa shape index (κ1) is 19.8. The van der Waals surface area contributed by atoms with Gasteiger partial charge in [-0.25, -0.2) is 0 Å². The molecule has 0 radical (unpaired) electrons. The zero-order chi connectivity index (χ0) is 19.4. The van der Waals surface area contributed by atoms with Gasteiger partial charge in [0, 0.05) is 58.0 Å². The third kappa shape index (κ3) is 4.68. The molecule has 1 aromatic rings. The second-order valence-electron chi connectivity index (χ2n) is 7.90. The molecule has 0 spiro atoms. The number of carbonyl (C=O) groups excluding carboxylic acids is 2. The lowest BCUT2D eigenvalue weighted by molar-refractivity contribution is -0.137. The predicted molar refractivity (Wildman–Crippen MR) is 106 cm³/mol. The topological polar surface area (TPSA) is 64.1 Å². The second kappa shape index (κ2) is 8.85. The number of nitrogens with zero attached hydrogens (tertiary/aromatic N) is 3. The number of benzene rings is 1. The summed E-state index contributed by atoms with van der Waals surface area (Å²) in [6.07, 6.45) is 1.07. The van der Waals surface area contributed by atoms with Crippen LogP contribution in [-0.2, 0) is 9.59 Å². The van der Waals surface area contributed by atoms with Crippen molar-refractivity contribution in [3.05, 3.63) is 29.8 Å². The lowest BCUT2D eigenvalue weighted by Gasteiger charge is -2.35. The van der Waals surface area contributed by atoms with E-state index in [1.54, 1.807) is 4.90 Å². The molecule has 1 aromatic carbocycles. The molecule has 6 nitrogen and oxygen atoms in total. The summed E-state index contributed by atoms with van der Waals surface area (Å²) in [5.74, 6) is 0.351. The van der Waals surface area contributed by atoms with Gasteiger partial charge in [-0.3, -0.25) is 14.5 Å². The van der Waals surface area contributed by atoms with Crippen LogP contribution in [0.3, 0.4) is 0 Å². The van der Waals surface area contributed by atoms with E-state index in [2.05, 4.69) is 30.9 Å². The van der Waals surface area contributed by atoms with Gasteiger partial charge in [-0.2, -0.15) is 0 Å². The molecule has 27 heavy (non-hydrogen) atoms. The average Bonchev–Trinajstić information content (AvgIpc) is 3.08. The van der Waals surface area contributed by atoms with Crippen LogP contribution in [0.2, 0.25) is 0 Å². The predicted octanol–water partition coefficient (Wildman–Crippen LogP) is 1.69. The molecule has 148 valence electrons. The van der Waals surface area contributed by atoms with Crippen molar-refractivity contribution in [2.24, 2.45) is 5.92 Å². The third-order valence-electron chi connectivity index (χ3n) is 5.66. The fourth-order valence-electron chi connectivity index (χ4n) is 3.91. The molecular formula is C21H31N3O3. The molecule has 1 atom stereocenters. The van der Waals surface area contributed by atoms with Crippen LogP contribution in [0.1, 0.15) is 38.2 Å². The molecule has 2 aliphatic heterocycles. The molecule has 0 aliphatic carbocycles. The normalized spacial score (nSPS) is 21.3. The van der Waals surface area contributed by atoms with E-state index in [4.69, 9.17) is 5.11 Å². The summed E-state index contributed by atoms with van der Waals surface area (Å²) in [5.41, 5.74) is 2.13. The first-order valence-corrected chi connectivity index (χ1v) is 10.0. The van der Waals surface area contributed by atoms with Gasteiger partial charge in [0.05, 0.1) is 5.92 Å². The Morgan fingerprint density at radius 3 is 2.41 bits per heavy atom. The van der Waals surface area contributed by atoms with E-state index >= 15 is 0 Å². The summed E-state index contributed by atoms with van der Waals surface area (Å²) < 4.78 is 0. The number of hydrogen-bond acceptors (Lipinski definition) is 4. The molecule has 0 bridgehead atoms. The Bertz CT molecular complexity index is 651. The molecule has 1 N–H and O–H groups in total. The van der Waals surface area contributed by atoms with Crippen LogP contribution in [0.15, 0.2) is 24.3 Å². The fraction of sp³-hybridized carbons (Fsp3) is 0.619. The van der Waals surface area contributed by atoms with Crippen molar-refractivity contribution in [1.82, 2.24) is 9.80 Å². The van der Waals surface area contributed by atoms with Crippen molar-refractivity contribution >= 4 is 17.5 Å². The molecule has 6 heteroatoms. The smallest absolute Gasteiger partial charge is 0.228 e. The van der Waals surface area contributed by atoms with E-state index in [-0.39, 0.29) is 24.3 Å². The average molecular weight is 373 g/mol. The lowest BCUT2D eigenvalue weighted by Crippen LogP contribution is -2.50. The number of aliphatic hydroxyl groups excluding tert-OH is 1. The van der Waals surface area contributed by atoms with Gasteiger partial charge in [0.25, 0.3) is 0 Å². The van der Waals surface area contributed by atoms with Crippen LogP contribution in [0.25, 0.3) is 0 Å². The van der Waals surface area contributed by atoms with Crippen molar-refractivity contribution in [1.29, 1.82) is 0 Å². The first-order valence-electron chi connectivity index (χ1n) is 10.0. The minimum absolute atomic E-state index is 0.0345. The molecular weight excluding hydrogens is 342 g/mol. The molecule has 2 heterocycles. The van der Waals surface area contributed by atoms with Crippen LogP contribution >= 0.6 is 0 Å². The van der Waals surface area contributed by atoms with Gasteiger partial charge in [-0.15, -0.1) is 0 Å². The number of rotatable bonds is 6. The highest BCUT2D eigenvalue weighted by Crippen LogP contribution is 2.28. The molecule has 1 unspecified atom stereocenters. The standard InChI is InChI=1S/C21H31N3O3/c1-16(2)17-4-6-19(7-5-17)24-15-18(14-20(24)26)21(27)23-11-9-22(10-12-23)8-3-13-25/h4-7,16,18,25H,3,8-15H2,1-2H3. The summed E-state index contributed by atoms with van der Waals surface area (Å²) in [6.45, 7) is 8.94. The highest BCUT2D eigenvalue weighted by Gasteiger charge is 2.37. The number of piperazine rings is 1. The number of aliphatic hydroxyl groups is 1. The van der Waals surface area contributed by atoms with Crippen LogP contribution in [-0.4, -0.2) is 72.6 Å². The number of carbonyl (C=O) groups is 2. The molecule has 2 fully saturated rings. The summed E-state index contributed by atoms with van der Waals surface area (Å²) in [7, 11) is 0. The molecule has 2 saturated heterocycles. The number of anilines is 1. The van der Waals surface area contributed by atoms with Crippen LogP contribution in [0, 0.1) is 5.92 Å². The number of amides is 2. The SMILES string of the molecule is CC(C)c1ccc(N2CC(C(=O)N3CCN(CCCO)CC3)CC2=O)cc1.